The second-order valence-electron chi connectivity index (χ2n) is 8.73. The van der Waals surface area contributed by atoms with Crippen molar-refractivity contribution in [2.75, 3.05) is 6.54 Å². The molecular formula is C27H27FN2O4S. The van der Waals surface area contributed by atoms with Crippen molar-refractivity contribution >= 4 is 21.7 Å². The molecule has 1 aliphatic heterocycles. The minimum Gasteiger partial charge on any atom is -0.335 e. The number of carbonyl (C=O) groups is 2. The van der Waals surface area contributed by atoms with Gasteiger partial charge in [-0.1, -0.05) is 36.4 Å². The van der Waals surface area contributed by atoms with E-state index < -0.39 is 10.0 Å². The van der Waals surface area contributed by atoms with Crippen LogP contribution in [0, 0.1) is 5.82 Å². The maximum Gasteiger partial charge on any atom is 0.254 e. The first-order chi connectivity index (χ1) is 16.7. The molecule has 0 aliphatic carbocycles. The molecule has 4 rings (SSSR count). The lowest BCUT2D eigenvalue weighted by molar-refractivity contribution is 0.0736. The normalized spacial score (nSPS) is 15.8. The summed E-state index contributed by atoms with van der Waals surface area (Å²) < 4.78 is 41.2. The number of rotatable bonds is 8. The zero-order valence-electron chi connectivity index (χ0n) is 19.4. The van der Waals surface area contributed by atoms with Gasteiger partial charge in [0.25, 0.3) is 5.91 Å². The van der Waals surface area contributed by atoms with Gasteiger partial charge in [0.05, 0.1) is 4.90 Å². The number of ketones is 1. The lowest BCUT2D eigenvalue weighted by Crippen LogP contribution is -2.36. The summed E-state index contributed by atoms with van der Waals surface area (Å²) in [6, 6.07) is 19.1. The van der Waals surface area contributed by atoms with Gasteiger partial charge in [0.15, 0.2) is 5.78 Å². The van der Waals surface area contributed by atoms with Gasteiger partial charge in [0.2, 0.25) is 10.0 Å². The Balaban J connectivity index is 1.38. The number of nitrogens with zero attached hydrogens (tertiary/aromatic N) is 1. The highest BCUT2D eigenvalue weighted by Gasteiger charge is 2.29. The lowest BCUT2D eigenvalue weighted by atomic mass is 10.0. The summed E-state index contributed by atoms with van der Waals surface area (Å²) in [5, 5.41) is 0. The van der Waals surface area contributed by atoms with E-state index in [2.05, 4.69) is 4.72 Å². The highest BCUT2D eigenvalue weighted by Crippen LogP contribution is 2.24. The van der Waals surface area contributed by atoms with Crippen molar-refractivity contribution in [1.29, 1.82) is 0 Å². The van der Waals surface area contributed by atoms with Gasteiger partial charge in [-0.15, -0.1) is 0 Å². The SMILES string of the molecule is CC(=O)c1ccc(S(=O)(=O)NCc2ccc(C(=O)N3CCCC3Cc3cccc(F)c3)cc2)cc1. The van der Waals surface area contributed by atoms with E-state index in [9.17, 15) is 22.4 Å². The van der Waals surface area contributed by atoms with Crippen LogP contribution >= 0.6 is 0 Å². The fourth-order valence-electron chi connectivity index (χ4n) is 4.31. The number of carbonyl (C=O) groups excluding carboxylic acids is 2. The Morgan fingerprint density at radius 1 is 0.971 bits per heavy atom. The molecule has 0 aromatic heterocycles. The van der Waals surface area contributed by atoms with E-state index in [4.69, 9.17) is 0 Å². The van der Waals surface area contributed by atoms with Crippen LogP contribution in [-0.4, -0.2) is 37.6 Å². The topological polar surface area (TPSA) is 83.5 Å². The number of hydrogen-bond acceptors (Lipinski definition) is 4. The van der Waals surface area contributed by atoms with E-state index in [1.807, 2.05) is 11.0 Å². The van der Waals surface area contributed by atoms with Gasteiger partial charge in [-0.3, -0.25) is 9.59 Å². The maximum absolute atomic E-state index is 13.5. The number of hydrogen-bond donors (Lipinski definition) is 1. The van der Waals surface area contributed by atoms with Crippen LogP contribution in [0.1, 0.15) is 51.6 Å². The molecule has 1 N–H and O–H groups in total. The second kappa shape index (κ2) is 10.5. The van der Waals surface area contributed by atoms with Crippen molar-refractivity contribution in [1.82, 2.24) is 9.62 Å². The Morgan fingerprint density at radius 2 is 1.66 bits per heavy atom. The van der Waals surface area contributed by atoms with Crippen LogP contribution in [0.3, 0.4) is 0 Å². The average molecular weight is 495 g/mol. The van der Waals surface area contributed by atoms with Crippen LogP contribution in [0.5, 0.6) is 0 Å². The second-order valence-corrected chi connectivity index (χ2v) is 10.5. The molecule has 3 aromatic rings. The summed E-state index contributed by atoms with van der Waals surface area (Å²) in [5.74, 6) is -0.495. The highest BCUT2D eigenvalue weighted by molar-refractivity contribution is 7.89. The third-order valence-electron chi connectivity index (χ3n) is 6.24. The van der Waals surface area contributed by atoms with Gasteiger partial charge in [-0.2, -0.15) is 0 Å². The molecule has 1 amide bonds. The summed E-state index contributed by atoms with van der Waals surface area (Å²) >= 11 is 0. The van der Waals surface area contributed by atoms with Gasteiger partial charge in [0.1, 0.15) is 5.82 Å². The third-order valence-corrected chi connectivity index (χ3v) is 7.65. The number of halogens is 1. The Morgan fingerprint density at radius 3 is 2.31 bits per heavy atom. The monoisotopic (exact) mass is 494 g/mol. The predicted octanol–water partition coefficient (Wildman–Crippen LogP) is 4.35. The largest absolute Gasteiger partial charge is 0.335 e. The van der Waals surface area contributed by atoms with Crippen LogP contribution in [0.2, 0.25) is 0 Å². The molecule has 1 unspecified atom stereocenters. The zero-order valence-corrected chi connectivity index (χ0v) is 20.2. The molecule has 0 spiro atoms. The van der Waals surface area contributed by atoms with E-state index in [-0.39, 0.29) is 35.0 Å². The van der Waals surface area contributed by atoms with E-state index in [1.54, 1.807) is 30.3 Å². The first-order valence-corrected chi connectivity index (χ1v) is 13.0. The van der Waals surface area contributed by atoms with Gasteiger partial charge in [-0.25, -0.2) is 17.5 Å². The Hall–Kier alpha value is -3.36. The van der Waals surface area contributed by atoms with Crippen LogP contribution in [0.4, 0.5) is 4.39 Å². The minimum atomic E-state index is -3.74. The van der Waals surface area contributed by atoms with Gasteiger partial charge >= 0.3 is 0 Å². The Bertz CT molecular complexity index is 1320. The van der Waals surface area contributed by atoms with Crippen molar-refractivity contribution in [3.63, 3.8) is 0 Å². The molecule has 8 heteroatoms. The molecule has 0 bridgehead atoms. The number of nitrogens with one attached hydrogen (secondary N) is 1. The number of Topliss-reactive ketones (excluding diaryl/α,β-unsaturated/α-hetero) is 1. The minimum absolute atomic E-state index is 0.0187. The molecule has 3 aromatic carbocycles. The number of amides is 1. The van der Waals surface area contributed by atoms with E-state index >= 15 is 0 Å². The van der Waals surface area contributed by atoms with Crippen LogP contribution in [-0.2, 0) is 23.0 Å². The summed E-state index contributed by atoms with van der Waals surface area (Å²) in [5.41, 5.74) is 2.56. The van der Waals surface area contributed by atoms with Crippen molar-refractivity contribution in [3.05, 3.63) is 101 Å². The molecule has 1 saturated heterocycles. The molecule has 0 saturated carbocycles. The first kappa shape index (κ1) is 24.8. The predicted molar refractivity (Wildman–Crippen MR) is 131 cm³/mol. The standard InChI is InChI=1S/C27H27FN2O4S/c1-19(31)22-11-13-26(14-12-22)35(33,34)29-18-20-7-9-23(10-8-20)27(32)30-15-3-6-25(30)17-21-4-2-5-24(28)16-21/h2,4-5,7-14,16,25,29H,3,6,15,17-18H2,1H3. The molecule has 1 atom stereocenters. The number of benzene rings is 3. The molecule has 6 nitrogen and oxygen atoms in total. The summed E-state index contributed by atoms with van der Waals surface area (Å²) in [4.78, 5) is 26.4. The van der Waals surface area contributed by atoms with Crippen LogP contribution in [0.25, 0.3) is 0 Å². The molecule has 1 aliphatic rings. The number of sulfonamides is 1. The average Bonchev–Trinajstić information content (AvgIpc) is 3.31. The Kier molecular flexibility index (Phi) is 7.42. The summed E-state index contributed by atoms with van der Waals surface area (Å²) in [7, 11) is -3.74. The molecule has 1 fully saturated rings. The molecule has 0 radical (unpaired) electrons. The van der Waals surface area contributed by atoms with Gasteiger partial charge < -0.3 is 4.90 Å². The number of likely N-dealkylation sites (tertiary alicyclic amines) is 1. The smallest absolute Gasteiger partial charge is 0.254 e. The Labute approximate surface area is 204 Å². The van der Waals surface area contributed by atoms with Crippen molar-refractivity contribution in [2.45, 2.75) is 43.7 Å². The van der Waals surface area contributed by atoms with Gasteiger partial charge in [-0.05, 0) is 73.7 Å². The van der Waals surface area contributed by atoms with Crippen molar-refractivity contribution in [3.8, 4) is 0 Å². The third kappa shape index (κ3) is 6.01. The van der Waals surface area contributed by atoms with Crippen molar-refractivity contribution < 1.29 is 22.4 Å². The summed E-state index contributed by atoms with van der Waals surface area (Å²) in [6.45, 7) is 2.14. The molecular weight excluding hydrogens is 467 g/mol. The molecule has 35 heavy (non-hydrogen) atoms. The van der Waals surface area contributed by atoms with E-state index in [0.717, 1.165) is 18.4 Å². The maximum atomic E-state index is 13.5. The fourth-order valence-corrected chi connectivity index (χ4v) is 5.33. The van der Waals surface area contributed by atoms with Crippen molar-refractivity contribution in [2.24, 2.45) is 0 Å². The van der Waals surface area contributed by atoms with E-state index in [0.29, 0.717) is 29.7 Å². The quantitative estimate of drug-likeness (QED) is 0.472. The van der Waals surface area contributed by atoms with Crippen LogP contribution in [0.15, 0.2) is 77.7 Å². The molecule has 1 heterocycles. The van der Waals surface area contributed by atoms with E-state index in [1.165, 1.54) is 43.3 Å². The van der Waals surface area contributed by atoms with Gasteiger partial charge in [0, 0.05) is 30.3 Å². The first-order valence-electron chi connectivity index (χ1n) is 11.5. The summed E-state index contributed by atoms with van der Waals surface area (Å²) in [6.07, 6.45) is 2.38. The molecule has 182 valence electrons. The fraction of sp³-hybridized carbons (Fsp3) is 0.259. The van der Waals surface area contributed by atoms with Crippen LogP contribution < -0.4 is 4.72 Å². The highest BCUT2D eigenvalue weighted by atomic mass is 32.2. The zero-order chi connectivity index (χ0) is 25.0. The lowest BCUT2D eigenvalue weighted by Gasteiger charge is -2.25.